The van der Waals surface area contributed by atoms with Gasteiger partial charge in [-0.15, -0.1) is 0 Å². The number of nitrogens with zero attached hydrogens (tertiary/aromatic N) is 4. The number of hydrogen-bond donors (Lipinski definition) is 0. The first-order chi connectivity index (χ1) is 13.5. The molecule has 0 aliphatic rings. The van der Waals surface area contributed by atoms with Crippen LogP contribution < -0.4 is 0 Å². The summed E-state index contributed by atoms with van der Waals surface area (Å²) < 4.78 is 30.8. The van der Waals surface area contributed by atoms with E-state index >= 15 is 0 Å². The highest BCUT2D eigenvalue weighted by atomic mass is 35.5. The van der Waals surface area contributed by atoms with Crippen molar-refractivity contribution in [1.29, 1.82) is 0 Å². The molecule has 0 spiro atoms. The third kappa shape index (κ3) is 3.92. The van der Waals surface area contributed by atoms with Gasteiger partial charge in [-0.3, -0.25) is 0 Å². The Kier molecular flexibility index (Phi) is 6.09. The highest BCUT2D eigenvalue weighted by Gasteiger charge is 2.16. The summed E-state index contributed by atoms with van der Waals surface area (Å²) in [4.78, 5) is 8.66. The number of imidazole rings is 2. The summed E-state index contributed by atoms with van der Waals surface area (Å²) in [6.45, 7) is 7.95. The van der Waals surface area contributed by atoms with Crippen LogP contribution in [0.15, 0.2) is 55.0 Å². The van der Waals surface area contributed by atoms with Crippen LogP contribution in [0.3, 0.4) is 0 Å². The van der Waals surface area contributed by atoms with Gasteiger partial charge in [-0.25, -0.2) is 18.7 Å². The maximum atomic E-state index is 13.9. The van der Waals surface area contributed by atoms with Crippen molar-refractivity contribution < 1.29 is 8.78 Å². The van der Waals surface area contributed by atoms with Gasteiger partial charge < -0.3 is 9.13 Å². The zero-order chi connectivity index (χ0) is 20.3. The smallest absolute Gasteiger partial charge is 0.144 e. The zero-order valence-electron chi connectivity index (χ0n) is 15.8. The molecule has 146 valence electrons. The monoisotopic (exact) mass is 402 g/mol. The maximum Gasteiger partial charge on any atom is 0.144 e. The molecule has 0 aliphatic carbocycles. The van der Waals surface area contributed by atoms with Crippen LogP contribution >= 0.6 is 11.6 Å². The van der Waals surface area contributed by atoms with Gasteiger partial charge in [0.15, 0.2) is 0 Å². The van der Waals surface area contributed by atoms with Crippen LogP contribution in [0.5, 0.6) is 0 Å². The maximum absolute atomic E-state index is 13.9. The Bertz CT molecular complexity index is 1080. The van der Waals surface area contributed by atoms with Gasteiger partial charge in [0.25, 0.3) is 0 Å². The van der Waals surface area contributed by atoms with E-state index in [9.17, 15) is 8.78 Å². The Balaban J connectivity index is 2.09. The molecular weight excluding hydrogens is 382 g/mol. The normalized spacial score (nSPS) is 12.8. The van der Waals surface area contributed by atoms with E-state index in [0.717, 1.165) is 11.3 Å². The van der Waals surface area contributed by atoms with Crippen LogP contribution in [0.4, 0.5) is 8.78 Å². The predicted octanol–water partition coefficient (Wildman–Crippen LogP) is 5.52. The predicted molar refractivity (Wildman–Crippen MR) is 110 cm³/mol. The molecule has 0 aliphatic heterocycles. The van der Waals surface area contributed by atoms with Crippen LogP contribution in [0.2, 0.25) is 5.02 Å². The van der Waals surface area contributed by atoms with Crippen molar-refractivity contribution in [3.63, 3.8) is 0 Å². The molecule has 4 nitrogen and oxygen atoms in total. The third-order valence-electron chi connectivity index (χ3n) is 4.56. The van der Waals surface area contributed by atoms with Gasteiger partial charge in [-0.1, -0.05) is 30.3 Å². The second-order valence-electron chi connectivity index (χ2n) is 6.36. The van der Waals surface area contributed by atoms with Gasteiger partial charge in [-0.05, 0) is 31.6 Å². The largest absolute Gasteiger partial charge is 0.330 e. The molecule has 28 heavy (non-hydrogen) atoms. The molecule has 0 fully saturated rings. The highest BCUT2D eigenvalue weighted by Crippen LogP contribution is 2.28. The van der Waals surface area contributed by atoms with Crippen LogP contribution in [0, 0.1) is 12.7 Å². The molecule has 2 aromatic heterocycles. The van der Waals surface area contributed by atoms with E-state index in [2.05, 4.69) is 16.5 Å². The van der Waals surface area contributed by atoms with E-state index < -0.39 is 12.5 Å². The second kappa shape index (κ2) is 8.52. The minimum Gasteiger partial charge on any atom is -0.330 e. The first-order valence-corrected chi connectivity index (χ1v) is 9.24. The van der Waals surface area contributed by atoms with Crippen LogP contribution in [0.1, 0.15) is 18.4 Å². The Morgan fingerprint density at radius 1 is 1.36 bits per heavy atom. The summed E-state index contributed by atoms with van der Waals surface area (Å²) in [5.74, 6) is -0.0366. The molecule has 0 amide bonds. The number of aromatic nitrogens is 4. The first kappa shape index (κ1) is 20.0. The summed E-state index contributed by atoms with van der Waals surface area (Å²) in [5, 5.41) is -0.0204. The third-order valence-corrected chi connectivity index (χ3v) is 4.85. The van der Waals surface area contributed by atoms with Gasteiger partial charge in [0, 0.05) is 30.1 Å². The van der Waals surface area contributed by atoms with Crippen LogP contribution in [-0.2, 0) is 13.1 Å². The molecule has 0 bridgehead atoms. The minimum absolute atomic E-state index is 0.0204. The number of fused-ring (bicyclic) bond motifs is 1. The number of alkyl halides is 1. The Morgan fingerprint density at radius 2 is 2.14 bits per heavy atom. The van der Waals surface area contributed by atoms with E-state index in [1.54, 1.807) is 23.2 Å². The number of allylic oxidation sites excluding steroid dienone is 5. The number of aryl methyl sites for hydroxylation is 2. The quantitative estimate of drug-likeness (QED) is 0.488. The SMILES string of the molecule is C=C/C(=C\C(=C/C)Cn1cncc1C)c1nc2cc(F)c(Cl)cc2n1CCF. The Labute approximate surface area is 167 Å². The van der Waals surface area contributed by atoms with Crippen LogP contribution in [0.25, 0.3) is 16.6 Å². The van der Waals surface area contributed by atoms with Gasteiger partial charge in [0.1, 0.15) is 18.3 Å². The molecule has 3 rings (SSSR count). The van der Waals surface area contributed by atoms with Crippen molar-refractivity contribution in [2.24, 2.45) is 0 Å². The lowest BCUT2D eigenvalue weighted by Gasteiger charge is -2.10. The number of rotatable bonds is 7. The molecule has 7 heteroatoms. The lowest BCUT2D eigenvalue weighted by atomic mass is 10.1. The van der Waals surface area contributed by atoms with E-state index in [1.807, 2.05) is 30.6 Å². The molecule has 0 unspecified atom stereocenters. The number of halogens is 3. The van der Waals surface area contributed by atoms with Crippen LogP contribution in [-0.4, -0.2) is 25.8 Å². The standard InChI is InChI=1S/C21H21ClF2N4/c1-4-15(12-27-13-25-11-14(27)3)8-16(5-2)21-26-19-10-18(24)17(22)9-20(19)28(21)7-6-23/h4-5,8-11,13H,2,6-7,12H2,1,3H3/b15-4+,16-8+. The van der Waals surface area contributed by atoms with Gasteiger partial charge >= 0.3 is 0 Å². The molecule has 0 saturated heterocycles. The molecule has 0 N–H and O–H groups in total. The first-order valence-electron chi connectivity index (χ1n) is 8.86. The Hall–Kier alpha value is -2.73. The van der Waals surface area contributed by atoms with Crippen molar-refractivity contribution >= 4 is 28.2 Å². The van der Waals surface area contributed by atoms with E-state index in [-0.39, 0.29) is 11.6 Å². The van der Waals surface area contributed by atoms with Crippen molar-refractivity contribution in [1.82, 2.24) is 19.1 Å². The second-order valence-corrected chi connectivity index (χ2v) is 6.77. The highest BCUT2D eigenvalue weighted by molar-refractivity contribution is 6.31. The lowest BCUT2D eigenvalue weighted by molar-refractivity contribution is 0.448. The van der Waals surface area contributed by atoms with E-state index in [4.69, 9.17) is 11.6 Å². The van der Waals surface area contributed by atoms with Gasteiger partial charge in [0.2, 0.25) is 0 Å². The molecule has 0 atom stereocenters. The average Bonchev–Trinajstić information content (AvgIpc) is 3.23. The molecule has 2 heterocycles. The number of benzene rings is 1. The molecular formula is C21H21ClF2N4. The van der Waals surface area contributed by atoms with Gasteiger partial charge in [0.05, 0.1) is 28.9 Å². The number of hydrogen-bond acceptors (Lipinski definition) is 2. The fraction of sp³-hybridized carbons (Fsp3) is 0.238. The lowest BCUT2D eigenvalue weighted by Crippen LogP contribution is -2.05. The molecule has 1 aromatic carbocycles. The molecule has 0 radical (unpaired) electrons. The van der Waals surface area contributed by atoms with Crippen molar-refractivity contribution in [3.05, 3.63) is 77.4 Å². The summed E-state index contributed by atoms with van der Waals surface area (Å²) in [7, 11) is 0. The summed E-state index contributed by atoms with van der Waals surface area (Å²) in [5.41, 5.74) is 3.78. The fourth-order valence-corrected chi connectivity index (χ4v) is 3.19. The van der Waals surface area contributed by atoms with Crippen molar-refractivity contribution in [3.8, 4) is 0 Å². The topological polar surface area (TPSA) is 35.6 Å². The molecule has 0 saturated carbocycles. The Morgan fingerprint density at radius 3 is 2.75 bits per heavy atom. The van der Waals surface area contributed by atoms with Crippen molar-refractivity contribution in [2.45, 2.75) is 26.9 Å². The minimum atomic E-state index is -0.581. The summed E-state index contributed by atoms with van der Waals surface area (Å²) in [6, 6.07) is 2.74. The van der Waals surface area contributed by atoms with Crippen molar-refractivity contribution in [2.75, 3.05) is 6.67 Å². The average molecular weight is 403 g/mol. The fourth-order valence-electron chi connectivity index (χ4n) is 3.04. The van der Waals surface area contributed by atoms with E-state index in [0.29, 0.717) is 29.0 Å². The summed E-state index contributed by atoms with van der Waals surface area (Å²) >= 11 is 5.92. The van der Waals surface area contributed by atoms with E-state index in [1.165, 1.54) is 12.1 Å². The molecule has 3 aromatic rings. The summed E-state index contributed by atoms with van der Waals surface area (Å²) in [6.07, 6.45) is 9.16. The zero-order valence-corrected chi connectivity index (χ0v) is 16.5. The van der Waals surface area contributed by atoms with Gasteiger partial charge in [-0.2, -0.15) is 0 Å².